The molecule has 35 heavy (non-hydrogen) atoms. The van der Waals surface area contributed by atoms with E-state index >= 15 is 0 Å². The number of para-hydroxylation sites is 2. The summed E-state index contributed by atoms with van der Waals surface area (Å²) in [5.41, 5.74) is 5.33. The molecule has 0 aliphatic carbocycles. The number of ether oxygens (including phenoxy) is 4. The van der Waals surface area contributed by atoms with E-state index in [-0.39, 0.29) is 6.04 Å². The Morgan fingerprint density at radius 1 is 0.943 bits per heavy atom. The number of benzene rings is 2. The number of thiocarbonyl (C=S) groups is 1. The van der Waals surface area contributed by atoms with Crippen LogP contribution in [-0.2, 0) is 0 Å². The standard InChI is InChI=1S/C27H33N3O4S/c1-6-13-30-15-18(14-17-9-7-11-21(31-2)25(17)33-4)23-20(16-30)24(29-27(35)28-23)19-10-8-12-22(32-3)26(19)34-5/h7-12,14,24H,6,13,15-16H2,1-5H3,(H2,28,29,35)/b18-14+/t24-/m0/s1. The molecule has 1 atom stereocenters. The van der Waals surface area contributed by atoms with Gasteiger partial charge in [-0.15, -0.1) is 0 Å². The van der Waals surface area contributed by atoms with Gasteiger partial charge in [0.15, 0.2) is 28.1 Å². The molecule has 2 N–H and O–H groups in total. The first kappa shape index (κ1) is 24.9. The number of hydrogen-bond donors (Lipinski definition) is 2. The minimum Gasteiger partial charge on any atom is -0.493 e. The molecule has 0 spiro atoms. The molecule has 2 aromatic rings. The van der Waals surface area contributed by atoms with Gasteiger partial charge in [0.05, 0.1) is 34.5 Å². The van der Waals surface area contributed by atoms with Crippen LogP contribution in [0.15, 0.2) is 53.2 Å². The molecule has 0 saturated heterocycles. The average Bonchev–Trinajstić information content (AvgIpc) is 2.88. The van der Waals surface area contributed by atoms with E-state index in [0.29, 0.717) is 28.1 Å². The van der Waals surface area contributed by atoms with Crippen LogP contribution in [0, 0.1) is 0 Å². The summed E-state index contributed by atoms with van der Waals surface area (Å²) < 4.78 is 22.6. The second kappa shape index (κ2) is 11.0. The van der Waals surface area contributed by atoms with Gasteiger partial charge in [-0.3, -0.25) is 4.90 Å². The minimum absolute atomic E-state index is 0.154. The first-order valence-corrected chi connectivity index (χ1v) is 12.1. The smallest absolute Gasteiger partial charge is 0.171 e. The molecule has 0 amide bonds. The monoisotopic (exact) mass is 495 g/mol. The molecule has 7 nitrogen and oxygen atoms in total. The van der Waals surface area contributed by atoms with Crippen molar-refractivity contribution in [2.45, 2.75) is 19.4 Å². The Hall–Kier alpha value is -3.23. The third-order valence-corrected chi connectivity index (χ3v) is 6.56. The van der Waals surface area contributed by atoms with Crippen LogP contribution in [-0.4, -0.2) is 58.1 Å². The topological polar surface area (TPSA) is 64.2 Å². The van der Waals surface area contributed by atoms with Crippen LogP contribution in [0.1, 0.15) is 30.5 Å². The fourth-order valence-electron chi connectivity index (χ4n) is 4.88. The van der Waals surface area contributed by atoms with Crippen molar-refractivity contribution < 1.29 is 18.9 Å². The number of rotatable bonds is 8. The van der Waals surface area contributed by atoms with Crippen LogP contribution in [0.25, 0.3) is 6.08 Å². The fraction of sp³-hybridized carbons (Fsp3) is 0.370. The van der Waals surface area contributed by atoms with Gasteiger partial charge in [-0.2, -0.15) is 0 Å². The molecule has 0 fully saturated rings. The zero-order chi connectivity index (χ0) is 24.9. The van der Waals surface area contributed by atoms with Crippen molar-refractivity contribution in [1.29, 1.82) is 0 Å². The summed E-state index contributed by atoms with van der Waals surface area (Å²) in [6.07, 6.45) is 3.23. The van der Waals surface area contributed by atoms with Crippen molar-refractivity contribution in [3.05, 3.63) is 64.4 Å². The van der Waals surface area contributed by atoms with Crippen LogP contribution in [0.4, 0.5) is 0 Å². The SMILES string of the molecule is CCCN1CC2=C(NC(=S)N[C@H]2c2cccc(OC)c2OC)/C(=C/c2cccc(OC)c2OC)C1. The molecule has 8 heteroatoms. The average molecular weight is 496 g/mol. The first-order valence-electron chi connectivity index (χ1n) is 11.7. The molecule has 0 aromatic heterocycles. The largest absolute Gasteiger partial charge is 0.493 e. The number of hydrogen-bond acceptors (Lipinski definition) is 6. The maximum Gasteiger partial charge on any atom is 0.171 e. The van der Waals surface area contributed by atoms with Crippen LogP contribution >= 0.6 is 12.2 Å². The highest BCUT2D eigenvalue weighted by atomic mass is 32.1. The molecular formula is C27H33N3O4S. The van der Waals surface area contributed by atoms with Crippen LogP contribution in [0.2, 0.25) is 0 Å². The summed E-state index contributed by atoms with van der Waals surface area (Å²) in [5.74, 6) is 2.80. The Morgan fingerprint density at radius 2 is 1.63 bits per heavy atom. The lowest BCUT2D eigenvalue weighted by Gasteiger charge is -2.40. The van der Waals surface area contributed by atoms with E-state index in [1.165, 1.54) is 5.57 Å². The van der Waals surface area contributed by atoms with Crippen molar-refractivity contribution in [2.75, 3.05) is 48.1 Å². The minimum atomic E-state index is -0.154. The van der Waals surface area contributed by atoms with Crippen molar-refractivity contribution in [1.82, 2.24) is 15.5 Å². The summed E-state index contributed by atoms with van der Waals surface area (Å²) in [7, 11) is 6.63. The van der Waals surface area contributed by atoms with Crippen molar-refractivity contribution in [3.8, 4) is 23.0 Å². The van der Waals surface area contributed by atoms with Gasteiger partial charge >= 0.3 is 0 Å². The third-order valence-electron chi connectivity index (χ3n) is 6.34. The molecule has 2 heterocycles. The lowest BCUT2D eigenvalue weighted by Crippen LogP contribution is -2.50. The van der Waals surface area contributed by atoms with E-state index < -0.39 is 0 Å². The zero-order valence-corrected chi connectivity index (χ0v) is 21.8. The fourth-order valence-corrected chi connectivity index (χ4v) is 5.10. The van der Waals surface area contributed by atoms with Gasteiger partial charge in [-0.05, 0) is 54.5 Å². The van der Waals surface area contributed by atoms with Crippen molar-refractivity contribution in [2.24, 2.45) is 0 Å². The van der Waals surface area contributed by atoms with E-state index in [9.17, 15) is 0 Å². The molecule has 186 valence electrons. The van der Waals surface area contributed by atoms with Gasteiger partial charge in [0, 0.05) is 29.9 Å². The van der Waals surface area contributed by atoms with E-state index in [1.807, 2.05) is 30.3 Å². The molecule has 0 radical (unpaired) electrons. The van der Waals surface area contributed by atoms with Gasteiger partial charge < -0.3 is 29.6 Å². The maximum atomic E-state index is 5.78. The van der Waals surface area contributed by atoms with Gasteiger partial charge in [0.2, 0.25) is 0 Å². The lowest BCUT2D eigenvalue weighted by molar-refractivity contribution is 0.299. The van der Waals surface area contributed by atoms with E-state index in [1.54, 1.807) is 28.4 Å². The molecule has 0 bridgehead atoms. The second-order valence-electron chi connectivity index (χ2n) is 8.48. The molecule has 2 aliphatic rings. The summed E-state index contributed by atoms with van der Waals surface area (Å²) in [6, 6.07) is 11.7. The Balaban J connectivity index is 1.88. The third kappa shape index (κ3) is 4.94. The van der Waals surface area contributed by atoms with Crippen LogP contribution in [0.5, 0.6) is 23.0 Å². The highest BCUT2D eigenvalue weighted by Crippen LogP contribution is 2.42. The quantitative estimate of drug-likeness (QED) is 0.526. The van der Waals surface area contributed by atoms with Gasteiger partial charge in [-0.25, -0.2) is 0 Å². The molecular weight excluding hydrogens is 462 g/mol. The Kier molecular flexibility index (Phi) is 7.83. The Labute approximate surface area is 212 Å². The van der Waals surface area contributed by atoms with Gasteiger partial charge in [0.25, 0.3) is 0 Å². The molecule has 4 rings (SSSR count). The van der Waals surface area contributed by atoms with E-state index in [0.717, 1.165) is 48.5 Å². The normalized spacial score (nSPS) is 19.1. The van der Waals surface area contributed by atoms with E-state index in [4.69, 9.17) is 31.2 Å². The molecule has 2 aliphatic heterocycles. The first-order chi connectivity index (χ1) is 17.0. The zero-order valence-electron chi connectivity index (χ0n) is 20.9. The van der Waals surface area contributed by atoms with Crippen molar-refractivity contribution >= 4 is 23.4 Å². The molecule has 0 unspecified atom stereocenters. The number of nitrogens with zero attached hydrogens (tertiary/aromatic N) is 1. The van der Waals surface area contributed by atoms with Gasteiger partial charge in [0.1, 0.15) is 0 Å². The molecule has 0 saturated carbocycles. The summed E-state index contributed by atoms with van der Waals surface area (Å²) in [4.78, 5) is 2.45. The second-order valence-corrected chi connectivity index (χ2v) is 8.89. The lowest BCUT2D eigenvalue weighted by atomic mass is 9.88. The summed E-state index contributed by atoms with van der Waals surface area (Å²) >= 11 is 5.66. The summed E-state index contributed by atoms with van der Waals surface area (Å²) in [6.45, 7) is 4.79. The number of methoxy groups -OCH3 is 4. The highest BCUT2D eigenvalue weighted by molar-refractivity contribution is 7.80. The Morgan fingerprint density at radius 3 is 2.29 bits per heavy atom. The highest BCUT2D eigenvalue weighted by Gasteiger charge is 2.35. The predicted molar refractivity (Wildman–Crippen MR) is 142 cm³/mol. The summed E-state index contributed by atoms with van der Waals surface area (Å²) in [5, 5.41) is 7.49. The Bertz CT molecular complexity index is 1160. The van der Waals surface area contributed by atoms with Gasteiger partial charge in [-0.1, -0.05) is 31.2 Å². The number of nitrogens with one attached hydrogen (secondary N) is 2. The van der Waals surface area contributed by atoms with E-state index in [2.05, 4.69) is 34.6 Å². The predicted octanol–water partition coefficient (Wildman–Crippen LogP) is 4.30. The van der Waals surface area contributed by atoms with Crippen molar-refractivity contribution in [3.63, 3.8) is 0 Å². The van der Waals surface area contributed by atoms with Crippen LogP contribution < -0.4 is 29.6 Å². The maximum absolute atomic E-state index is 5.78. The van der Waals surface area contributed by atoms with Crippen LogP contribution in [0.3, 0.4) is 0 Å². The molecule has 2 aromatic carbocycles.